The third-order valence-corrected chi connectivity index (χ3v) is 2.56. The second kappa shape index (κ2) is 5.04. The van der Waals surface area contributed by atoms with E-state index < -0.39 is 0 Å². The molecule has 0 amide bonds. The lowest BCUT2D eigenvalue weighted by atomic mass is 10.3. The minimum Gasteiger partial charge on any atom is -0.493 e. The minimum absolute atomic E-state index is 0.774. The molecule has 1 saturated heterocycles. The molecular weight excluding hydrogens is 192 g/mol. The van der Waals surface area contributed by atoms with E-state index in [1.54, 1.807) is 19.6 Å². The van der Waals surface area contributed by atoms with Crippen molar-refractivity contribution in [3.63, 3.8) is 0 Å². The fourth-order valence-corrected chi connectivity index (χ4v) is 1.71. The fourth-order valence-electron chi connectivity index (χ4n) is 1.71. The van der Waals surface area contributed by atoms with Crippen molar-refractivity contribution in [2.75, 3.05) is 33.3 Å². The van der Waals surface area contributed by atoms with Crippen LogP contribution < -0.4 is 10.1 Å². The molecule has 2 heterocycles. The summed E-state index contributed by atoms with van der Waals surface area (Å²) in [5, 5.41) is 3.32. The van der Waals surface area contributed by atoms with Crippen LogP contribution >= 0.6 is 0 Å². The maximum absolute atomic E-state index is 5.22. The summed E-state index contributed by atoms with van der Waals surface area (Å²) >= 11 is 0. The number of ether oxygens (including phenoxy) is 1. The Morgan fingerprint density at radius 1 is 1.47 bits per heavy atom. The molecule has 15 heavy (non-hydrogen) atoms. The summed E-state index contributed by atoms with van der Waals surface area (Å²) in [5.41, 5.74) is 0.967. The number of methoxy groups -OCH3 is 1. The normalized spacial score (nSPS) is 17.7. The van der Waals surface area contributed by atoms with Crippen molar-refractivity contribution >= 4 is 0 Å². The lowest BCUT2D eigenvalue weighted by molar-refractivity contribution is 0.227. The first-order chi connectivity index (χ1) is 7.40. The summed E-state index contributed by atoms with van der Waals surface area (Å²) in [6.07, 6.45) is 3.28. The summed E-state index contributed by atoms with van der Waals surface area (Å²) < 4.78 is 5.22. The van der Waals surface area contributed by atoms with Crippen LogP contribution in [0.3, 0.4) is 0 Å². The Bertz CT molecular complexity index is 312. The number of hydrogen-bond acceptors (Lipinski definition) is 5. The van der Waals surface area contributed by atoms with Crippen molar-refractivity contribution in [1.82, 2.24) is 20.2 Å². The summed E-state index contributed by atoms with van der Waals surface area (Å²) in [7, 11) is 1.65. The molecule has 0 spiro atoms. The Morgan fingerprint density at radius 3 is 3.00 bits per heavy atom. The zero-order valence-electron chi connectivity index (χ0n) is 8.94. The van der Waals surface area contributed by atoms with Gasteiger partial charge in [0.2, 0.25) is 0 Å². The van der Waals surface area contributed by atoms with Crippen LogP contribution in [0.4, 0.5) is 0 Å². The van der Waals surface area contributed by atoms with E-state index in [4.69, 9.17) is 4.74 Å². The first-order valence-corrected chi connectivity index (χ1v) is 5.16. The second-order valence-electron chi connectivity index (χ2n) is 3.56. The van der Waals surface area contributed by atoms with E-state index in [1.165, 1.54) is 0 Å². The molecule has 1 aromatic rings. The van der Waals surface area contributed by atoms with E-state index in [9.17, 15) is 0 Å². The predicted octanol–water partition coefficient (Wildman–Crippen LogP) is -0.110. The molecule has 0 aliphatic carbocycles. The number of hydrogen-bond donors (Lipinski definition) is 1. The zero-order valence-corrected chi connectivity index (χ0v) is 8.94. The number of aromatic nitrogens is 2. The van der Waals surface area contributed by atoms with E-state index in [2.05, 4.69) is 20.2 Å². The predicted molar refractivity (Wildman–Crippen MR) is 56.7 cm³/mol. The van der Waals surface area contributed by atoms with Crippen LogP contribution in [-0.2, 0) is 6.54 Å². The molecule has 0 bridgehead atoms. The Labute approximate surface area is 89.5 Å². The van der Waals surface area contributed by atoms with Crippen LogP contribution in [0.5, 0.6) is 5.75 Å². The molecule has 1 aliphatic rings. The third-order valence-electron chi connectivity index (χ3n) is 2.56. The van der Waals surface area contributed by atoms with Gasteiger partial charge >= 0.3 is 0 Å². The molecule has 2 rings (SSSR count). The van der Waals surface area contributed by atoms with Crippen LogP contribution in [0, 0.1) is 0 Å². The summed E-state index contributed by atoms with van der Waals surface area (Å²) in [5.74, 6) is 0.774. The van der Waals surface area contributed by atoms with Gasteiger partial charge in [0.05, 0.1) is 19.0 Å². The van der Waals surface area contributed by atoms with E-state index in [0.717, 1.165) is 44.2 Å². The molecule has 0 atom stereocenters. The van der Waals surface area contributed by atoms with Gasteiger partial charge < -0.3 is 10.1 Å². The van der Waals surface area contributed by atoms with E-state index in [0.29, 0.717) is 0 Å². The number of nitrogens with zero attached hydrogens (tertiary/aromatic N) is 3. The van der Waals surface area contributed by atoms with Crippen molar-refractivity contribution < 1.29 is 4.74 Å². The van der Waals surface area contributed by atoms with Crippen molar-refractivity contribution in [3.8, 4) is 5.75 Å². The third kappa shape index (κ3) is 2.64. The second-order valence-corrected chi connectivity index (χ2v) is 3.56. The Morgan fingerprint density at radius 2 is 2.27 bits per heavy atom. The molecule has 0 aromatic carbocycles. The van der Waals surface area contributed by atoms with Gasteiger partial charge in [-0.2, -0.15) is 0 Å². The van der Waals surface area contributed by atoms with Crippen molar-refractivity contribution in [3.05, 3.63) is 18.2 Å². The van der Waals surface area contributed by atoms with Gasteiger partial charge in [0.25, 0.3) is 0 Å². The maximum atomic E-state index is 5.22. The SMILES string of the molecule is COc1cncnc1CN1CCNCC1. The molecule has 82 valence electrons. The number of piperazine rings is 1. The Balaban J connectivity index is 2.02. The van der Waals surface area contributed by atoms with Crippen LogP contribution in [-0.4, -0.2) is 48.2 Å². The highest BCUT2D eigenvalue weighted by Crippen LogP contribution is 2.15. The van der Waals surface area contributed by atoms with Gasteiger partial charge in [-0.3, -0.25) is 4.90 Å². The fraction of sp³-hybridized carbons (Fsp3) is 0.600. The van der Waals surface area contributed by atoms with Crippen molar-refractivity contribution in [2.24, 2.45) is 0 Å². The number of nitrogens with one attached hydrogen (secondary N) is 1. The van der Waals surface area contributed by atoms with Gasteiger partial charge in [0.1, 0.15) is 6.33 Å². The van der Waals surface area contributed by atoms with Gasteiger partial charge in [-0.25, -0.2) is 9.97 Å². The van der Waals surface area contributed by atoms with Gasteiger partial charge in [-0.05, 0) is 0 Å². The van der Waals surface area contributed by atoms with Crippen LogP contribution in [0.1, 0.15) is 5.69 Å². The zero-order chi connectivity index (χ0) is 10.5. The van der Waals surface area contributed by atoms with Gasteiger partial charge in [0, 0.05) is 32.7 Å². The smallest absolute Gasteiger partial charge is 0.159 e. The summed E-state index contributed by atoms with van der Waals surface area (Å²) in [6.45, 7) is 5.06. The molecular formula is C10H16N4O. The minimum atomic E-state index is 0.774. The summed E-state index contributed by atoms with van der Waals surface area (Å²) in [6, 6.07) is 0. The summed E-state index contributed by atoms with van der Waals surface area (Å²) in [4.78, 5) is 10.6. The molecule has 5 nitrogen and oxygen atoms in total. The van der Waals surface area contributed by atoms with Crippen molar-refractivity contribution in [1.29, 1.82) is 0 Å². The molecule has 5 heteroatoms. The lowest BCUT2D eigenvalue weighted by Gasteiger charge is -2.27. The molecule has 1 fully saturated rings. The average Bonchev–Trinajstić information content (AvgIpc) is 2.31. The molecule has 0 unspecified atom stereocenters. The van der Waals surface area contributed by atoms with Gasteiger partial charge in [0.15, 0.2) is 5.75 Å². The van der Waals surface area contributed by atoms with E-state index >= 15 is 0 Å². The highest BCUT2D eigenvalue weighted by atomic mass is 16.5. The molecule has 0 saturated carbocycles. The largest absolute Gasteiger partial charge is 0.493 e. The average molecular weight is 208 g/mol. The van der Waals surface area contributed by atoms with Crippen molar-refractivity contribution in [2.45, 2.75) is 6.54 Å². The van der Waals surface area contributed by atoms with E-state index in [1.807, 2.05) is 0 Å². The van der Waals surface area contributed by atoms with E-state index in [-0.39, 0.29) is 0 Å². The first kappa shape index (κ1) is 10.3. The first-order valence-electron chi connectivity index (χ1n) is 5.16. The lowest BCUT2D eigenvalue weighted by Crippen LogP contribution is -2.43. The molecule has 0 radical (unpaired) electrons. The monoisotopic (exact) mass is 208 g/mol. The topological polar surface area (TPSA) is 50.3 Å². The highest BCUT2D eigenvalue weighted by Gasteiger charge is 2.13. The number of rotatable bonds is 3. The maximum Gasteiger partial charge on any atom is 0.159 e. The Kier molecular flexibility index (Phi) is 3.47. The van der Waals surface area contributed by atoms with Gasteiger partial charge in [-0.15, -0.1) is 0 Å². The molecule has 1 aromatic heterocycles. The van der Waals surface area contributed by atoms with Crippen LogP contribution in [0.15, 0.2) is 12.5 Å². The molecule has 1 N–H and O–H groups in total. The van der Waals surface area contributed by atoms with Crippen LogP contribution in [0.2, 0.25) is 0 Å². The Hall–Kier alpha value is -1.20. The van der Waals surface area contributed by atoms with Gasteiger partial charge in [-0.1, -0.05) is 0 Å². The quantitative estimate of drug-likeness (QED) is 0.751. The van der Waals surface area contributed by atoms with Crippen LogP contribution in [0.25, 0.3) is 0 Å². The standard InChI is InChI=1S/C10H16N4O/c1-15-10-6-12-8-13-9(10)7-14-4-2-11-3-5-14/h6,8,11H,2-5,7H2,1H3. The molecule has 1 aliphatic heterocycles. The highest BCUT2D eigenvalue weighted by molar-refractivity contribution is 5.23.